The molecule has 4 nitrogen and oxygen atoms in total. The third-order valence-corrected chi connectivity index (χ3v) is 3.93. The Balaban J connectivity index is 1.80. The minimum absolute atomic E-state index is 0.329. The first kappa shape index (κ1) is 12.3. The number of rotatable bonds is 4. The summed E-state index contributed by atoms with van der Waals surface area (Å²) >= 11 is 0. The highest BCUT2D eigenvalue weighted by atomic mass is 16.5. The number of likely N-dealkylation sites (tertiary alicyclic amines) is 1. The molecule has 0 aromatic rings. The Morgan fingerprint density at radius 1 is 1.31 bits per heavy atom. The van der Waals surface area contributed by atoms with Crippen LogP contribution >= 0.6 is 0 Å². The van der Waals surface area contributed by atoms with E-state index in [0.717, 1.165) is 39.4 Å². The van der Waals surface area contributed by atoms with Crippen LogP contribution in [0.4, 0.5) is 0 Å². The van der Waals surface area contributed by atoms with Crippen LogP contribution in [0.15, 0.2) is 0 Å². The molecular weight excluding hydrogens is 204 g/mol. The molecule has 0 aromatic carbocycles. The smallest absolute Gasteiger partial charge is 0.0594 e. The third-order valence-electron chi connectivity index (χ3n) is 3.93. The lowest BCUT2D eigenvalue weighted by Gasteiger charge is -2.32. The van der Waals surface area contributed by atoms with Crippen molar-refractivity contribution in [1.82, 2.24) is 9.80 Å². The number of morpholine rings is 1. The van der Waals surface area contributed by atoms with Gasteiger partial charge in [0.25, 0.3) is 0 Å². The Labute approximate surface area is 98.2 Å². The summed E-state index contributed by atoms with van der Waals surface area (Å²) in [6, 6.07) is 0. The molecule has 2 rings (SSSR count). The Morgan fingerprint density at radius 2 is 2.06 bits per heavy atom. The second-order valence-electron chi connectivity index (χ2n) is 5.17. The first-order valence-corrected chi connectivity index (χ1v) is 6.39. The average molecular weight is 228 g/mol. The Morgan fingerprint density at radius 3 is 2.62 bits per heavy atom. The van der Waals surface area contributed by atoms with E-state index in [1.807, 2.05) is 0 Å². The lowest BCUT2D eigenvalue weighted by Crippen LogP contribution is -2.42. The van der Waals surface area contributed by atoms with Crippen molar-refractivity contribution >= 4 is 0 Å². The zero-order valence-corrected chi connectivity index (χ0v) is 10.3. The molecule has 2 fully saturated rings. The van der Waals surface area contributed by atoms with E-state index >= 15 is 0 Å². The standard InChI is InChI=1S/C12H24N2O2/c1-13-3-2-11(8-13)12(10-15)9-14-4-6-16-7-5-14/h11-12,15H,2-10H2,1H3. The van der Waals surface area contributed by atoms with Crippen molar-refractivity contribution in [2.45, 2.75) is 6.42 Å². The van der Waals surface area contributed by atoms with Gasteiger partial charge in [0, 0.05) is 32.8 Å². The van der Waals surface area contributed by atoms with Crippen molar-refractivity contribution in [2.24, 2.45) is 11.8 Å². The molecule has 0 amide bonds. The summed E-state index contributed by atoms with van der Waals surface area (Å²) in [7, 11) is 2.17. The zero-order chi connectivity index (χ0) is 11.4. The van der Waals surface area contributed by atoms with Crippen molar-refractivity contribution in [1.29, 1.82) is 0 Å². The van der Waals surface area contributed by atoms with E-state index in [1.165, 1.54) is 13.0 Å². The number of aliphatic hydroxyl groups excluding tert-OH is 1. The molecule has 2 aliphatic rings. The number of ether oxygens (including phenoxy) is 1. The molecule has 94 valence electrons. The topological polar surface area (TPSA) is 35.9 Å². The predicted molar refractivity (Wildman–Crippen MR) is 63.4 cm³/mol. The maximum atomic E-state index is 9.53. The fraction of sp³-hybridized carbons (Fsp3) is 1.00. The number of nitrogens with zero attached hydrogens (tertiary/aromatic N) is 2. The highest BCUT2D eigenvalue weighted by molar-refractivity contribution is 4.81. The van der Waals surface area contributed by atoms with Gasteiger partial charge in [-0.15, -0.1) is 0 Å². The Bertz CT molecular complexity index is 207. The van der Waals surface area contributed by atoms with Gasteiger partial charge in [0.05, 0.1) is 13.2 Å². The van der Waals surface area contributed by atoms with Crippen LogP contribution in [0.3, 0.4) is 0 Å². The maximum absolute atomic E-state index is 9.53. The SMILES string of the molecule is CN1CCC(C(CO)CN2CCOCC2)C1. The molecule has 0 bridgehead atoms. The molecule has 4 heteroatoms. The highest BCUT2D eigenvalue weighted by Gasteiger charge is 2.28. The van der Waals surface area contributed by atoms with Gasteiger partial charge in [-0.25, -0.2) is 0 Å². The van der Waals surface area contributed by atoms with Gasteiger partial charge in [-0.1, -0.05) is 0 Å². The van der Waals surface area contributed by atoms with Gasteiger partial charge in [-0.3, -0.25) is 4.90 Å². The van der Waals surface area contributed by atoms with Crippen LogP contribution in [-0.2, 0) is 4.74 Å². The van der Waals surface area contributed by atoms with Crippen LogP contribution in [0, 0.1) is 11.8 Å². The fourth-order valence-electron chi connectivity index (χ4n) is 2.83. The number of hydrogen-bond donors (Lipinski definition) is 1. The number of hydrogen-bond acceptors (Lipinski definition) is 4. The van der Waals surface area contributed by atoms with E-state index in [-0.39, 0.29) is 0 Å². The molecule has 2 atom stereocenters. The van der Waals surface area contributed by atoms with Gasteiger partial charge in [-0.2, -0.15) is 0 Å². The second kappa shape index (κ2) is 5.96. The normalized spacial score (nSPS) is 30.8. The Kier molecular flexibility index (Phi) is 4.58. The lowest BCUT2D eigenvalue weighted by atomic mass is 9.91. The van der Waals surface area contributed by atoms with Crippen LogP contribution in [0.25, 0.3) is 0 Å². The minimum Gasteiger partial charge on any atom is -0.396 e. The first-order valence-electron chi connectivity index (χ1n) is 6.39. The summed E-state index contributed by atoms with van der Waals surface area (Å²) in [5, 5.41) is 9.53. The molecule has 0 radical (unpaired) electrons. The van der Waals surface area contributed by atoms with Crippen molar-refractivity contribution in [3.05, 3.63) is 0 Å². The van der Waals surface area contributed by atoms with Crippen molar-refractivity contribution in [3.63, 3.8) is 0 Å². The summed E-state index contributed by atoms with van der Waals surface area (Å²) in [6.45, 7) is 7.46. The number of aliphatic hydroxyl groups is 1. The molecule has 0 aliphatic carbocycles. The summed E-state index contributed by atoms with van der Waals surface area (Å²) in [5.41, 5.74) is 0. The molecule has 0 aromatic heterocycles. The Hall–Kier alpha value is -0.160. The van der Waals surface area contributed by atoms with E-state index in [1.54, 1.807) is 0 Å². The van der Waals surface area contributed by atoms with Crippen LogP contribution < -0.4 is 0 Å². The zero-order valence-electron chi connectivity index (χ0n) is 10.3. The van der Waals surface area contributed by atoms with E-state index in [9.17, 15) is 5.11 Å². The molecule has 2 heterocycles. The second-order valence-corrected chi connectivity index (χ2v) is 5.17. The van der Waals surface area contributed by atoms with E-state index < -0.39 is 0 Å². The summed E-state index contributed by atoms with van der Waals surface area (Å²) < 4.78 is 5.35. The van der Waals surface area contributed by atoms with E-state index in [4.69, 9.17) is 4.74 Å². The van der Waals surface area contributed by atoms with Gasteiger partial charge in [-0.05, 0) is 31.8 Å². The van der Waals surface area contributed by atoms with Gasteiger partial charge in [0.1, 0.15) is 0 Å². The molecule has 2 saturated heterocycles. The van der Waals surface area contributed by atoms with E-state index in [2.05, 4.69) is 16.8 Å². The first-order chi connectivity index (χ1) is 7.79. The van der Waals surface area contributed by atoms with Crippen LogP contribution in [0.1, 0.15) is 6.42 Å². The fourth-order valence-corrected chi connectivity index (χ4v) is 2.83. The van der Waals surface area contributed by atoms with Gasteiger partial charge in [0.15, 0.2) is 0 Å². The van der Waals surface area contributed by atoms with Crippen LogP contribution in [0.2, 0.25) is 0 Å². The maximum Gasteiger partial charge on any atom is 0.0594 e. The third kappa shape index (κ3) is 3.17. The van der Waals surface area contributed by atoms with Gasteiger partial charge >= 0.3 is 0 Å². The van der Waals surface area contributed by atoms with Crippen molar-refractivity contribution in [3.8, 4) is 0 Å². The molecule has 1 N–H and O–H groups in total. The molecule has 16 heavy (non-hydrogen) atoms. The minimum atomic E-state index is 0.329. The lowest BCUT2D eigenvalue weighted by molar-refractivity contribution is 0.0188. The van der Waals surface area contributed by atoms with Crippen LogP contribution in [0.5, 0.6) is 0 Å². The quantitative estimate of drug-likeness (QED) is 0.728. The predicted octanol–water partition coefficient (Wildman–Crippen LogP) is -0.121. The largest absolute Gasteiger partial charge is 0.396 e. The average Bonchev–Trinajstić information content (AvgIpc) is 2.74. The highest BCUT2D eigenvalue weighted by Crippen LogP contribution is 2.24. The molecule has 0 spiro atoms. The van der Waals surface area contributed by atoms with E-state index in [0.29, 0.717) is 18.4 Å². The molecule has 2 unspecified atom stereocenters. The van der Waals surface area contributed by atoms with Crippen molar-refractivity contribution in [2.75, 3.05) is 59.6 Å². The summed E-state index contributed by atoms with van der Waals surface area (Å²) in [5.74, 6) is 1.13. The van der Waals surface area contributed by atoms with Gasteiger partial charge < -0.3 is 14.7 Å². The molecular formula is C12H24N2O2. The van der Waals surface area contributed by atoms with Crippen molar-refractivity contribution < 1.29 is 9.84 Å². The summed E-state index contributed by atoms with van der Waals surface area (Å²) in [4.78, 5) is 4.80. The van der Waals surface area contributed by atoms with Crippen LogP contribution in [-0.4, -0.2) is 74.5 Å². The molecule has 0 saturated carbocycles. The monoisotopic (exact) mass is 228 g/mol. The summed E-state index contributed by atoms with van der Waals surface area (Å²) in [6.07, 6.45) is 1.24. The van der Waals surface area contributed by atoms with Gasteiger partial charge in [0.2, 0.25) is 0 Å². The molecule has 2 aliphatic heterocycles.